The quantitative estimate of drug-likeness (QED) is 0.794. The van der Waals surface area contributed by atoms with Crippen LogP contribution in [-0.2, 0) is 13.1 Å². The number of nitrogens with one attached hydrogen (secondary N) is 1. The predicted molar refractivity (Wildman–Crippen MR) is 101 cm³/mol. The minimum Gasteiger partial charge on any atom is -0.348 e. The number of benzene rings is 2. The number of amides is 1. The summed E-state index contributed by atoms with van der Waals surface area (Å²) in [6.45, 7) is 3.72. The third kappa shape index (κ3) is 5.13. The highest BCUT2D eigenvalue weighted by molar-refractivity contribution is 9.10. The lowest BCUT2D eigenvalue weighted by Crippen LogP contribution is -2.29. The van der Waals surface area contributed by atoms with Crippen molar-refractivity contribution in [3.8, 4) is 0 Å². The van der Waals surface area contributed by atoms with Gasteiger partial charge >= 0.3 is 0 Å². The van der Waals surface area contributed by atoms with E-state index in [2.05, 4.69) is 38.3 Å². The maximum atomic E-state index is 13.8. The van der Waals surface area contributed by atoms with Crippen molar-refractivity contribution < 1.29 is 9.18 Å². The molecule has 0 atom stereocenters. The molecule has 1 N–H and O–H groups in total. The second-order valence-electron chi connectivity index (χ2n) is 6.46. The van der Waals surface area contributed by atoms with Gasteiger partial charge in [0.25, 0.3) is 5.91 Å². The smallest absolute Gasteiger partial charge is 0.254 e. The standard InChI is InChI=1S/C20H22BrFN2O/c21-17-8-9-18(19(22)12-17)20(25)23-13-15-4-6-16(7-5-15)14-24-10-2-1-3-11-24/h4-9,12H,1-3,10-11,13-14H2,(H,23,25). The lowest BCUT2D eigenvalue weighted by molar-refractivity contribution is 0.0947. The topological polar surface area (TPSA) is 32.3 Å². The summed E-state index contributed by atoms with van der Waals surface area (Å²) in [6, 6.07) is 12.7. The van der Waals surface area contributed by atoms with Gasteiger partial charge in [0.1, 0.15) is 5.82 Å². The van der Waals surface area contributed by atoms with Crippen LogP contribution in [0, 0.1) is 5.82 Å². The van der Waals surface area contributed by atoms with Gasteiger partial charge in [-0.3, -0.25) is 9.69 Å². The summed E-state index contributed by atoms with van der Waals surface area (Å²) in [7, 11) is 0. The van der Waals surface area contributed by atoms with Crippen LogP contribution in [0.25, 0.3) is 0 Å². The van der Waals surface area contributed by atoms with Gasteiger partial charge in [0.05, 0.1) is 5.56 Å². The molecule has 25 heavy (non-hydrogen) atoms. The molecule has 2 aromatic rings. The molecule has 0 aromatic heterocycles. The first-order chi connectivity index (χ1) is 12.1. The number of nitrogens with zero attached hydrogens (tertiary/aromatic N) is 1. The van der Waals surface area contributed by atoms with Crippen LogP contribution < -0.4 is 5.32 Å². The molecular weight excluding hydrogens is 383 g/mol. The maximum Gasteiger partial charge on any atom is 0.254 e. The zero-order valence-corrected chi connectivity index (χ0v) is 15.7. The Hall–Kier alpha value is -1.72. The fourth-order valence-electron chi connectivity index (χ4n) is 3.09. The van der Waals surface area contributed by atoms with Crippen LogP contribution in [0.4, 0.5) is 4.39 Å². The summed E-state index contributed by atoms with van der Waals surface area (Å²) >= 11 is 3.19. The van der Waals surface area contributed by atoms with Crippen LogP contribution in [0.3, 0.4) is 0 Å². The number of rotatable bonds is 5. The Kier molecular flexibility index (Phi) is 6.21. The molecule has 3 nitrogen and oxygen atoms in total. The van der Waals surface area contributed by atoms with Gasteiger partial charge in [-0.05, 0) is 55.3 Å². The molecule has 5 heteroatoms. The fraction of sp³-hybridized carbons (Fsp3) is 0.350. The van der Waals surface area contributed by atoms with Crippen LogP contribution >= 0.6 is 15.9 Å². The number of piperidine rings is 1. The number of carbonyl (C=O) groups is 1. The van der Waals surface area contributed by atoms with E-state index < -0.39 is 11.7 Å². The van der Waals surface area contributed by atoms with Gasteiger partial charge < -0.3 is 5.32 Å². The third-order valence-electron chi connectivity index (χ3n) is 4.51. The molecule has 0 aliphatic carbocycles. The van der Waals surface area contributed by atoms with E-state index >= 15 is 0 Å². The number of hydrogen-bond donors (Lipinski definition) is 1. The molecule has 0 saturated carbocycles. The van der Waals surface area contributed by atoms with Gasteiger partial charge in [0, 0.05) is 17.6 Å². The van der Waals surface area contributed by atoms with Gasteiger partial charge in [-0.25, -0.2) is 4.39 Å². The molecule has 2 aromatic carbocycles. The largest absolute Gasteiger partial charge is 0.348 e. The Morgan fingerprint density at radius 3 is 2.40 bits per heavy atom. The number of hydrogen-bond acceptors (Lipinski definition) is 2. The van der Waals surface area contributed by atoms with Crippen LogP contribution in [0.2, 0.25) is 0 Å². The highest BCUT2D eigenvalue weighted by atomic mass is 79.9. The predicted octanol–water partition coefficient (Wildman–Crippen LogP) is 4.50. The lowest BCUT2D eigenvalue weighted by atomic mass is 10.1. The van der Waals surface area contributed by atoms with E-state index in [1.54, 1.807) is 6.07 Å². The van der Waals surface area contributed by atoms with E-state index in [0.717, 1.165) is 12.1 Å². The van der Waals surface area contributed by atoms with Gasteiger partial charge in [0.2, 0.25) is 0 Å². The molecule has 1 amide bonds. The molecule has 1 heterocycles. The Labute approximate surface area is 156 Å². The normalized spacial score (nSPS) is 15.1. The molecule has 3 rings (SSSR count). The van der Waals surface area contributed by atoms with E-state index in [4.69, 9.17) is 0 Å². The van der Waals surface area contributed by atoms with E-state index in [-0.39, 0.29) is 5.56 Å². The number of halogens is 2. The van der Waals surface area contributed by atoms with Crippen molar-refractivity contribution >= 4 is 21.8 Å². The van der Waals surface area contributed by atoms with Gasteiger partial charge in [0.15, 0.2) is 0 Å². The first kappa shape index (κ1) is 18.1. The molecular formula is C20H22BrFN2O. The zero-order chi connectivity index (χ0) is 17.6. The van der Waals surface area contributed by atoms with E-state index in [1.165, 1.54) is 50.0 Å². The Morgan fingerprint density at radius 2 is 1.72 bits per heavy atom. The van der Waals surface area contributed by atoms with Crippen molar-refractivity contribution in [1.29, 1.82) is 0 Å². The lowest BCUT2D eigenvalue weighted by Gasteiger charge is -2.26. The minimum absolute atomic E-state index is 0.0601. The second-order valence-corrected chi connectivity index (χ2v) is 7.38. The van der Waals surface area contributed by atoms with Crippen molar-refractivity contribution in [1.82, 2.24) is 10.2 Å². The summed E-state index contributed by atoms with van der Waals surface area (Å²) in [4.78, 5) is 14.6. The monoisotopic (exact) mass is 404 g/mol. The average Bonchev–Trinajstić information content (AvgIpc) is 2.62. The van der Waals surface area contributed by atoms with Crippen LogP contribution in [-0.4, -0.2) is 23.9 Å². The first-order valence-electron chi connectivity index (χ1n) is 8.65. The highest BCUT2D eigenvalue weighted by Crippen LogP contribution is 2.16. The first-order valence-corrected chi connectivity index (χ1v) is 9.44. The van der Waals surface area contributed by atoms with E-state index in [0.29, 0.717) is 11.0 Å². The third-order valence-corrected chi connectivity index (χ3v) is 5.00. The van der Waals surface area contributed by atoms with Crippen molar-refractivity contribution in [2.45, 2.75) is 32.4 Å². The Balaban J connectivity index is 1.53. The van der Waals surface area contributed by atoms with Crippen LogP contribution in [0.15, 0.2) is 46.9 Å². The maximum absolute atomic E-state index is 13.8. The minimum atomic E-state index is -0.524. The highest BCUT2D eigenvalue weighted by Gasteiger charge is 2.12. The van der Waals surface area contributed by atoms with Crippen molar-refractivity contribution in [3.63, 3.8) is 0 Å². The van der Waals surface area contributed by atoms with Crippen molar-refractivity contribution in [2.24, 2.45) is 0 Å². The summed E-state index contributed by atoms with van der Waals surface area (Å²) in [5, 5.41) is 2.77. The number of likely N-dealkylation sites (tertiary alicyclic amines) is 1. The second kappa shape index (κ2) is 8.59. The van der Waals surface area contributed by atoms with E-state index in [9.17, 15) is 9.18 Å². The molecule has 1 saturated heterocycles. The molecule has 0 unspecified atom stereocenters. The van der Waals surface area contributed by atoms with Crippen molar-refractivity contribution in [2.75, 3.05) is 13.1 Å². The summed E-state index contributed by atoms with van der Waals surface area (Å²) < 4.78 is 14.4. The molecule has 132 valence electrons. The molecule has 0 bridgehead atoms. The average molecular weight is 405 g/mol. The summed E-state index contributed by atoms with van der Waals surface area (Å²) in [6.07, 6.45) is 3.92. The van der Waals surface area contributed by atoms with Gasteiger partial charge in [-0.2, -0.15) is 0 Å². The van der Waals surface area contributed by atoms with Gasteiger partial charge in [-0.1, -0.05) is 46.6 Å². The van der Waals surface area contributed by atoms with Crippen LogP contribution in [0.5, 0.6) is 0 Å². The Morgan fingerprint density at radius 1 is 1.04 bits per heavy atom. The SMILES string of the molecule is O=C(NCc1ccc(CN2CCCCC2)cc1)c1ccc(Br)cc1F. The summed E-state index contributed by atoms with van der Waals surface area (Å²) in [5.41, 5.74) is 2.36. The molecule has 1 fully saturated rings. The fourth-order valence-corrected chi connectivity index (χ4v) is 3.42. The number of carbonyl (C=O) groups excluding carboxylic acids is 1. The molecule has 1 aliphatic rings. The molecule has 0 spiro atoms. The molecule has 0 radical (unpaired) electrons. The zero-order valence-electron chi connectivity index (χ0n) is 14.1. The van der Waals surface area contributed by atoms with Crippen LogP contribution in [0.1, 0.15) is 40.7 Å². The van der Waals surface area contributed by atoms with Crippen molar-refractivity contribution in [3.05, 3.63) is 69.4 Å². The van der Waals surface area contributed by atoms with E-state index in [1.807, 2.05) is 12.1 Å². The molecule has 1 aliphatic heterocycles. The van der Waals surface area contributed by atoms with Gasteiger partial charge in [-0.15, -0.1) is 0 Å². The summed E-state index contributed by atoms with van der Waals surface area (Å²) in [5.74, 6) is -0.925. The Bertz CT molecular complexity index is 727.